The molecule has 4 heteroatoms. The van der Waals surface area contributed by atoms with Crippen molar-refractivity contribution in [2.45, 2.75) is 65.6 Å². The van der Waals surface area contributed by atoms with Crippen LogP contribution in [0.15, 0.2) is 6.33 Å². The first kappa shape index (κ1) is 13.5. The Labute approximate surface area is 110 Å². The predicted octanol–water partition coefficient (Wildman–Crippen LogP) is 2.87. The third-order valence-corrected chi connectivity index (χ3v) is 4.16. The minimum atomic E-state index is 0.434. The summed E-state index contributed by atoms with van der Waals surface area (Å²) in [6.45, 7) is 9.99. The van der Waals surface area contributed by atoms with E-state index in [1.165, 1.54) is 19.3 Å². The summed E-state index contributed by atoms with van der Waals surface area (Å²) < 4.78 is 2.16. The van der Waals surface area contributed by atoms with Crippen LogP contribution in [0, 0.1) is 5.41 Å². The normalized spacial score (nSPS) is 23.2. The maximum Gasteiger partial charge on any atom is 0.147 e. The molecule has 0 radical (unpaired) electrons. The van der Waals surface area contributed by atoms with Gasteiger partial charge in [-0.2, -0.15) is 0 Å². The molecule has 1 aliphatic rings. The molecule has 0 bridgehead atoms. The standard InChI is InChI=1S/C14H26N4/c1-11(2)18-10-15-16-13(18)9-17(5)12-6-7-14(3,4)8-12/h10-12H,6-9H2,1-5H3. The van der Waals surface area contributed by atoms with Gasteiger partial charge >= 0.3 is 0 Å². The molecule has 102 valence electrons. The van der Waals surface area contributed by atoms with E-state index < -0.39 is 0 Å². The smallest absolute Gasteiger partial charge is 0.147 e. The van der Waals surface area contributed by atoms with Gasteiger partial charge in [0.25, 0.3) is 0 Å². The Bertz CT molecular complexity index is 394. The zero-order chi connectivity index (χ0) is 13.3. The quantitative estimate of drug-likeness (QED) is 0.824. The van der Waals surface area contributed by atoms with Crippen LogP contribution in [-0.4, -0.2) is 32.8 Å². The molecule has 0 amide bonds. The highest BCUT2D eigenvalue weighted by Crippen LogP contribution is 2.39. The summed E-state index contributed by atoms with van der Waals surface area (Å²) in [4.78, 5) is 2.44. The maximum absolute atomic E-state index is 4.26. The zero-order valence-corrected chi connectivity index (χ0v) is 12.3. The van der Waals surface area contributed by atoms with E-state index in [0.29, 0.717) is 17.5 Å². The van der Waals surface area contributed by atoms with Crippen LogP contribution in [-0.2, 0) is 6.54 Å². The van der Waals surface area contributed by atoms with Crippen LogP contribution >= 0.6 is 0 Å². The van der Waals surface area contributed by atoms with Crippen LogP contribution in [0.3, 0.4) is 0 Å². The topological polar surface area (TPSA) is 34.0 Å². The van der Waals surface area contributed by atoms with Gasteiger partial charge in [0.2, 0.25) is 0 Å². The lowest BCUT2D eigenvalue weighted by molar-refractivity contribution is 0.211. The molecular weight excluding hydrogens is 224 g/mol. The molecule has 1 unspecified atom stereocenters. The third-order valence-electron chi connectivity index (χ3n) is 4.16. The summed E-state index contributed by atoms with van der Waals surface area (Å²) in [5.74, 6) is 1.08. The second kappa shape index (κ2) is 5.00. The molecule has 0 aliphatic heterocycles. The minimum absolute atomic E-state index is 0.434. The average Bonchev–Trinajstić information content (AvgIpc) is 2.84. The highest BCUT2D eigenvalue weighted by molar-refractivity contribution is 4.92. The molecule has 0 aromatic carbocycles. The van der Waals surface area contributed by atoms with Gasteiger partial charge in [0, 0.05) is 12.1 Å². The van der Waals surface area contributed by atoms with Gasteiger partial charge in [-0.15, -0.1) is 10.2 Å². The second-order valence-electron chi connectivity index (χ2n) is 6.72. The fourth-order valence-electron chi connectivity index (χ4n) is 2.94. The molecule has 1 fully saturated rings. The van der Waals surface area contributed by atoms with Crippen molar-refractivity contribution >= 4 is 0 Å². The van der Waals surface area contributed by atoms with Crippen LogP contribution < -0.4 is 0 Å². The number of aromatic nitrogens is 3. The molecule has 0 spiro atoms. The second-order valence-corrected chi connectivity index (χ2v) is 6.72. The molecule has 1 atom stereocenters. The highest BCUT2D eigenvalue weighted by atomic mass is 15.3. The molecule has 1 heterocycles. The van der Waals surface area contributed by atoms with E-state index in [9.17, 15) is 0 Å². The van der Waals surface area contributed by atoms with Crippen LogP contribution in [0.4, 0.5) is 0 Å². The molecular formula is C14H26N4. The Morgan fingerprint density at radius 1 is 1.50 bits per heavy atom. The first-order valence-electron chi connectivity index (χ1n) is 6.98. The van der Waals surface area contributed by atoms with Gasteiger partial charge in [-0.25, -0.2) is 0 Å². The number of hydrogen-bond donors (Lipinski definition) is 0. The largest absolute Gasteiger partial charge is 0.314 e. The summed E-state index contributed by atoms with van der Waals surface area (Å²) in [6, 6.07) is 1.13. The SMILES string of the molecule is CC(C)n1cnnc1CN(C)C1CCC(C)(C)C1. The van der Waals surface area contributed by atoms with E-state index in [1.54, 1.807) is 0 Å². The van der Waals surface area contributed by atoms with Crippen molar-refractivity contribution in [1.82, 2.24) is 19.7 Å². The molecule has 18 heavy (non-hydrogen) atoms. The van der Waals surface area contributed by atoms with Gasteiger partial charge < -0.3 is 4.57 Å². The number of nitrogens with zero attached hydrogens (tertiary/aromatic N) is 4. The first-order valence-corrected chi connectivity index (χ1v) is 6.98. The van der Waals surface area contributed by atoms with Gasteiger partial charge in [-0.1, -0.05) is 13.8 Å². The average molecular weight is 250 g/mol. The molecule has 0 N–H and O–H groups in total. The van der Waals surface area contributed by atoms with E-state index in [-0.39, 0.29) is 0 Å². The van der Waals surface area contributed by atoms with E-state index in [2.05, 4.69) is 54.4 Å². The Morgan fingerprint density at radius 3 is 2.78 bits per heavy atom. The minimum Gasteiger partial charge on any atom is -0.314 e. The van der Waals surface area contributed by atoms with Crippen LogP contribution in [0.2, 0.25) is 0 Å². The molecule has 1 saturated carbocycles. The summed E-state index contributed by atoms with van der Waals surface area (Å²) in [5, 5.41) is 8.29. The lowest BCUT2D eigenvalue weighted by Crippen LogP contribution is -2.31. The van der Waals surface area contributed by atoms with E-state index >= 15 is 0 Å². The van der Waals surface area contributed by atoms with Gasteiger partial charge in [0.05, 0.1) is 6.54 Å². The van der Waals surface area contributed by atoms with Crippen LogP contribution in [0.25, 0.3) is 0 Å². The Morgan fingerprint density at radius 2 is 2.22 bits per heavy atom. The van der Waals surface area contributed by atoms with E-state index in [4.69, 9.17) is 0 Å². The molecule has 1 aliphatic carbocycles. The van der Waals surface area contributed by atoms with Crippen molar-refractivity contribution in [3.63, 3.8) is 0 Å². The molecule has 2 rings (SSSR count). The summed E-state index contributed by atoms with van der Waals surface area (Å²) in [7, 11) is 2.21. The van der Waals surface area contributed by atoms with Gasteiger partial charge in [0.1, 0.15) is 12.2 Å². The van der Waals surface area contributed by atoms with Crippen molar-refractivity contribution in [2.24, 2.45) is 5.41 Å². The van der Waals surface area contributed by atoms with E-state index in [1.807, 2.05) is 6.33 Å². The molecule has 1 aromatic rings. The lowest BCUT2D eigenvalue weighted by Gasteiger charge is -2.26. The summed E-state index contributed by atoms with van der Waals surface area (Å²) in [5.41, 5.74) is 0.505. The monoisotopic (exact) mass is 250 g/mol. The Balaban J connectivity index is 1.99. The summed E-state index contributed by atoms with van der Waals surface area (Å²) >= 11 is 0. The van der Waals surface area contributed by atoms with Crippen molar-refractivity contribution in [3.05, 3.63) is 12.2 Å². The first-order chi connectivity index (χ1) is 8.39. The van der Waals surface area contributed by atoms with Crippen LogP contribution in [0.1, 0.15) is 58.8 Å². The number of hydrogen-bond acceptors (Lipinski definition) is 3. The lowest BCUT2D eigenvalue weighted by atomic mass is 9.91. The highest BCUT2D eigenvalue weighted by Gasteiger charge is 2.33. The van der Waals surface area contributed by atoms with Crippen molar-refractivity contribution in [3.8, 4) is 0 Å². The molecule has 1 aromatic heterocycles. The molecule has 0 saturated heterocycles. The van der Waals surface area contributed by atoms with Crippen LogP contribution in [0.5, 0.6) is 0 Å². The third kappa shape index (κ3) is 2.91. The summed E-state index contributed by atoms with van der Waals surface area (Å²) in [6.07, 6.45) is 5.77. The van der Waals surface area contributed by atoms with Gasteiger partial charge in [-0.05, 0) is 45.6 Å². The predicted molar refractivity (Wildman–Crippen MR) is 73.3 cm³/mol. The fourth-order valence-corrected chi connectivity index (χ4v) is 2.94. The zero-order valence-electron chi connectivity index (χ0n) is 12.3. The van der Waals surface area contributed by atoms with Gasteiger partial charge in [-0.3, -0.25) is 4.90 Å². The molecule has 4 nitrogen and oxygen atoms in total. The Hall–Kier alpha value is -0.900. The Kier molecular flexibility index (Phi) is 3.76. The van der Waals surface area contributed by atoms with Crippen molar-refractivity contribution in [2.75, 3.05) is 7.05 Å². The maximum atomic E-state index is 4.26. The van der Waals surface area contributed by atoms with Gasteiger partial charge in [0.15, 0.2) is 0 Å². The van der Waals surface area contributed by atoms with Crippen molar-refractivity contribution < 1.29 is 0 Å². The number of rotatable bonds is 4. The van der Waals surface area contributed by atoms with E-state index in [0.717, 1.165) is 12.4 Å². The van der Waals surface area contributed by atoms with Crippen molar-refractivity contribution in [1.29, 1.82) is 0 Å². The fraction of sp³-hybridized carbons (Fsp3) is 0.857.